The quantitative estimate of drug-likeness (QED) is 0.870. The number of amides is 2. The van der Waals surface area contributed by atoms with E-state index in [2.05, 4.69) is 15.4 Å². The first-order chi connectivity index (χ1) is 10.4. The summed E-state index contributed by atoms with van der Waals surface area (Å²) in [5, 5.41) is 5.18. The number of rotatable bonds is 5. The molecule has 0 aromatic heterocycles. The third-order valence-corrected chi connectivity index (χ3v) is 3.06. The van der Waals surface area contributed by atoms with Crippen LogP contribution in [0.3, 0.4) is 0 Å². The average Bonchev–Trinajstić information content (AvgIpc) is 2.36. The van der Waals surface area contributed by atoms with Gasteiger partial charge in [0.25, 0.3) is 0 Å². The molecule has 0 saturated heterocycles. The summed E-state index contributed by atoms with van der Waals surface area (Å²) in [6.07, 6.45) is -4.75. The number of benzene rings is 1. The zero-order valence-corrected chi connectivity index (χ0v) is 13.2. The number of carbonyl (C=O) groups is 2. The van der Waals surface area contributed by atoms with Crippen LogP contribution in [0.5, 0.6) is 5.75 Å². The van der Waals surface area contributed by atoms with Crippen molar-refractivity contribution in [1.82, 2.24) is 10.6 Å². The lowest BCUT2D eigenvalue weighted by Crippen LogP contribution is -2.50. The summed E-state index contributed by atoms with van der Waals surface area (Å²) >= 11 is 0. The number of alkyl halides is 3. The number of carbonyl (C=O) groups excluding carboxylic acids is 2. The van der Waals surface area contributed by atoms with E-state index in [1.165, 1.54) is 38.1 Å². The molecular formula is C15H19F3N2O3. The summed E-state index contributed by atoms with van der Waals surface area (Å²) in [5.41, 5.74) is -0.240. The monoisotopic (exact) mass is 332 g/mol. The molecule has 0 radical (unpaired) electrons. The van der Waals surface area contributed by atoms with Crippen LogP contribution in [-0.4, -0.2) is 24.2 Å². The molecule has 23 heavy (non-hydrogen) atoms. The van der Waals surface area contributed by atoms with Gasteiger partial charge in [-0.3, -0.25) is 9.59 Å². The van der Waals surface area contributed by atoms with Gasteiger partial charge in [0.05, 0.1) is 5.54 Å². The summed E-state index contributed by atoms with van der Waals surface area (Å²) in [5.74, 6) is -1.07. The van der Waals surface area contributed by atoms with Crippen LogP contribution in [0.4, 0.5) is 13.2 Å². The zero-order chi connectivity index (χ0) is 17.8. The van der Waals surface area contributed by atoms with Crippen molar-refractivity contribution in [2.75, 3.05) is 0 Å². The van der Waals surface area contributed by atoms with Crippen molar-refractivity contribution in [3.8, 4) is 5.75 Å². The first-order valence-corrected chi connectivity index (χ1v) is 6.86. The van der Waals surface area contributed by atoms with Crippen LogP contribution in [0.1, 0.15) is 33.3 Å². The van der Waals surface area contributed by atoms with E-state index < -0.39 is 23.9 Å². The highest BCUT2D eigenvalue weighted by Crippen LogP contribution is 2.26. The van der Waals surface area contributed by atoms with E-state index in [9.17, 15) is 22.8 Å². The fourth-order valence-electron chi connectivity index (χ4n) is 1.93. The Balaban J connectivity index is 2.79. The molecule has 5 nitrogen and oxygen atoms in total. The van der Waals surface area contributed by atoms with Crippen molar-refractivity contribution in [2.24, 2.45) is 0 Å². The summed E-state index contributed by atoms with van der Waals surface area (Å²) in [7, 11) is 0. The summed E-state index contributed by atoms with van der Waals surface area (Å²) < 4.78 is 40.2. The van der Waals surface area contributed by atoms with Gasteiger partial charge in [0.1, 0.15) is 11.8 Å². The molecule has 1 aromatic carbocycles. The molecule has 2 amide bonds. The van der Waals surface area contributed by atoms with E-state index in [-0.39, 0.29) is 11.7 Å². The predicted octanol–water partition coefficient (Wildman–Crippen LogP) is 2.46. The lowest BCUT2D eigenvalue weighted by Gasteiger charge is -2.29. The molecule has 1 rings (SSSR count). The third kappa shape index (κ3) is 6.17. The Bertz CT molecular complexity index is 568. The van der Waals surface area contributed by atoms with Crippen LogP contribution in [0.2, 0.25) is 0 Å². The van der Waals surface area contributed by atoms with Gasteiger partial charge in [0.15, 0.2) is 0 Å². The number of ether oxygens (including phenoxy) is 1. The van der Waals surface area contributed by atoms with Crippen LogP contribution in [-0.2, 0) is 15.1 Å². The second-order valence-corrected chi connectivity index (χ2v) is 5.61. The SMILES string of the molecule is CC(=O)NC(C)C(=O)NC(C)(C)c1ccc(OC(F)(F)F)cc1. The predicted molar refractivity (Wildman–Crippen MR) is 77.6 cm³/mol. The van der Waals surface area contributed by atoms with E-state index in [4.69, 9.17) is 0 Å². The van der Waals surface area contributed by atoms with E-state index in [1.807, 2.05) is 0 Å². The molecule has 8 heteroatoms. The Morgan fingerprint density at radius 2 is 1.65 bits per heavy atom. The molecule has 0 fully saturated rings. The van der Waals surface area contributed by atoms with Crippen molar-refractivity contribution in [3.63, 3.8) is 0 Å². The first-order valence-electron chi connectivity index (χ1n) is 6.86. The molecule has 128 valence electrons. The Morgan fingerprint density at radius 3 is 2.09 bits per heavy atom. The second-order valence-electron chi connectivity index (χ2n) is 5.61. The van der Waals surface area contributed by atoms with Gasteiger partial charge in [0, 0.05) is 6.92 Å². The number of nitrogens with one attached hydrogen (secondary N) is 2. The fraction of sp³-hybridized carbons (Fsp3) is 0.467. The maximum absolute atomic E-state index is 12.1. The molecule has 0 heterocycles. The summed E-state index contributed by atoms with van der Waals surface area (Å²) in [4.78, 5) is 23.0. The van der Waals surface area contributed by atoms with Gasteiger partial charge in [-0.1, -0.05) is 12.1 Å². The van der Waals surface area contributed by atoms with Gasteiger partial charge >= 0.3 is 6.36 Å². The largest absolute Gasteiger partial charge is 0.573 e. The van der Waals surface area contributed by atoms with E-state index in [0.29, 0.717) is 5.56 Å². The maximum Gasteiger partial charge on any atom is 0.573 e. The standard InChI is InChI=1S/C15H19F3N2O3/c1-9(19-10(2)21)13(22)20-14(3,4)11-5-7-12(8-6-11)23-15(16,17)18/h5-9H,1-4H3,(H,19,21)(H,20,22). The molecular weight excluding hydrogens is 313 g/mol. The minimum atomic E-state index is -4.75. The van der Waals surface area contributed by atoms with Gasteiger partial charge < -0.3 is 15.4 Å². The lowest BCUT2D eigenvalue weighted by molar-refractivity contribution is -0.274. The zero-order valence-electron chi connectivity index (χ0n) is 13.2. The highest BCUT2D eigenvalue weighted by molar-refractivity contribution is 5.86. The molecule has 0 aliphatic carbocycles. The Hall–Kier alpha value is -2.25. The molecule has 2 N–H and O–H groups in total. The molecule has 0 saturated carbocycles. The van der Waals surface area contributed by atoms with Crippen molar-refractivity contribution in [3.05, 3.63) is 29.8 Å². The minimum Gasteiger partial charge on any atom is -0.406 e. The van der Waals surface area contributed by atoms with Gasteiger partial charge in [-0.25, -0.2) is 0 Å². The number of halogens is 3. The molecule has 0 spiro atoms. The van der Waals surface area contributed by atoms with Gasteiger partial charge in [-0.15, -0.1) is 13.2 Å². The van der Waals surface area contributed by atoms with Gasteiger partial charge in [-0.2, -0.15) is 0 Å². The Morgan fingerprint density at radius 1 is 1.13 bits per heavy atom. The Kier molecular flexibility index (Phi) is 5.63. The van der Waals surface area contributed by atoms with Crippen LogP contribution in [0.25, 0.3) is 0 Å². The molecule has 0 bridgehead atoms. The number of hydrogen-bond donors (Lipinski definition) is 2. The maximum atomic E-state index is 12.1. The lowest BCUT2D eigenvalue weighted by atomic mass is 9.94. The van der Waals surface area contributed by atoms with Gasteiger partial charge in [-0.05, 0) is 38.5 Å². The topological polar surface area (TPSA) is 67.4 Å². The minimum absolute atomic E-state index is 0.334. The van der Waals surface area contributed by atoms with E-state index in [1.54, 1.807) is 13.8 Å². The highest BCUT2D eigenvalue weighted by atomic mass is 19.4. The molecule has 1 unspecified atom stereocenters. The van der Waals surface area contributed by atoms with Crippen molar-refractivity contribution < 1.29 is 27.5 Å². The summed E-state index contributed by atoms with van der Waals surface area (Å²) in [6.45, 7) is 6.23. The van der Waals surface area contributed by atoms with Crippen LogP contribution >= 0.6 is 0 Å². The fourth-order valence-corrected chi connectivity index (χ4v) is 1.93. The normalized spacial score (nSPS) is 13.2. The van der Waals surface area contributed by atoms with Crippen LogP contribution < -0.4 is 15.4 Å². The molecule has 1 aromatic rings. The van der Waals surface area contributed by atoms with E-state index in [0.717, 1.165) is 0 Å². The second kappa shape index (κ2) is 6.89. The van der Waals surface area contributed by atoms with E-state index >= 15 is 0 Å². The Labute approximate surface area is 132 Å². The summed E-state index contributed by atoms with van der Waals surface area (Å²) in [6, 6.07) is 4.50. The van der Waals surface area contributed by atoms with Gasteiger partial charge in [0.2, 0.25) is 11.8 Å². The van der Waals surface area contributed by atoms with Crippen molar-refractivity contribution in [2.45, 2.75) is 45.6 Å². The third-order valence-electron chi connectivity index (χ3n) is 3.06. The molecule has 0 aliphatic rings. The molecule has 1 atom stereocenters. The average molecular weight is 332 g/mol. The number of hydrogen-bond acceptors (Lipinski definition) is 3. The smallest absolute Gasteiger partial charge is 0.406 e. The van der Waals surface area contributed by atoms with Crippen LogP contribution in [0.15, 0.2) is 24.3 Å². The molecule has 0 aliphatic heterocycles. The van der Waals surface area contributed by atoms with Crippen molar-refractivity contribution in [1.29, 1.82) is 0 Å². The van der Waals surface area contributed by atoms with Crippen LogP contribution in [0, 0.1) is 0 Å². The highest BCUT2D eigenvalue weighted by Gasteiger charge is 2.31. The van der Waals surface area contributed by atoms with Crippen molar-refractivity contribution >= 4 is 11.8 Å². The first kappa shape index (κ1) is 18.8.